The van der Waals surface area contributed by atoms with Crippen molar-refractivity contribution in [2.45, 2.75) is 26.4 Å². The number of aliphatic hydroxyl groups excluding tert-OH is 1. The molecule has 1 aromatic heterocycles. The number of aromatic nitrogens is 1. The lowest BCUT2D eigenvalue weighted by molar-refractivity contribution is 0.159. The monoisotopic (exact) mass is 393 g/mol. The maximum atomic E-state index is 13.1. The van der Waals surface area contributed by atoms with Gasteiger partial charge in [-0.15, -0.1) is 0 Å². The number of nitrogens with zero attached hydrogens (tertiary/aromatic N) is 1. The number of ether oxygens (including phenoxy) is 1. The summed E-state index contributed by atoms with van der Waals surface area (Å²) in [5.74, 6) is -0.471. The summed E-state index contributed by atoms with van der Waals surface area (Å²) in [6.07, 6.45) is 3.60. The summed E-state index contributed by atoms with van der Waals surface area (Å²) in [7, 11) is 1.57. The van der Waals surface area contributed by atoms with E-state index in [9.17, 15) is 24.6 Å². The zero-order valence-electron chi connectivity index (χ0n) is 16.4. The van der Waals surface area contributed by atoms with Gasteiger partial charge in [0.1, 0.15) is 33.6 Å². The molecule has 1 aliphatic rings. The second-order valence-electron chi connectivity index (χ2n) is 7.71. The molecule has 148 valence electrons. The van der Waals surface area contributed by atoms with Crippen LogP contribution in [0.1, 0.15) is 26.3 Å². The Morgan fingerprint density at radius 3 is 2.45 bits per heavy atom. The van der Waals surface area contributed by atoms with Crippen LogP contribution in [-0.4, -0.2) is 20.4 Å². The Bertz CT molecular complexity index is 1490. The molecule has 0 saturated carbocycles. The Morgan fingerprint density at radius 2 is 1.79 bits per heavy atom. The lowest BCUT2D eigenvalue weighted by Gasteiger charge is -2.28. The summed E-state index contributed by atoms with van der Waals surface area (Å²) >= 11 is 0. The SMILES string of the molecule is C/C(O)=c1\c(=O)ccc2c(O)c3c(=O)cc4c(c3n(C)c2c1=O)C=CC(C)(C)O4. The Labute approximate surface area is 164 Å². The largest absolute Gasteiger partial charge is 0.512 e. The lowest BCUT2D eigenvalue weighted by Crippen LogP contribution is -2.38. The van der Waals surface area contributed by atoms with Gasteiger partial charge in [-0.2, -0.15) is 0 Å². The third-order valence-corrected chi connectivity index (χ3v) is 5.16. The van der Waals surface area contributed by atoms with E-state index in [0.717, 1.165) is 6.07 Å². The van der Waals surface area contributed by atoms with Crippen LogP contribution in [-0.2, 0) is 7.05 Å². The predicted molar refractivity (Wildman–Crippen MR) is 112 cm³/mol. The van der Waals surface area contributed by atoms with Gasteiger partial charge in [-0.05, 0) is 45.1 Å². The van der Waals surface area contributed by atoms with Crippen LogP contribution in [0.15, 0.2) is 38.7 Å². The second-order valence-corrected chi connectivity index (χ2v) is 7.71. The van der Waals surface area contributed by atoms with Gasteiger partial charge in [-0.25, -0.2) is 0 Å². The molecule has 0 spiro atoms. The molecule has 4 rings (SSSR count). The number of fused-ring (bicyclic) bond motifs is 4. The average molecular weight is 393 g/mol. The number of pyridine rings is 1. The summed E-state index contributed by atoms with van der Waals surface area (Å²) in [5, 5.41) is 20.5. The second kappa shape index (κ2) is 5.94. The van der Waals surface area contributed by atoms with Crippen molar-refractivity contribution in [3.63, 3.8) is 0 Å². The highest BCUT2D eigenvalue weighted by molar-refractivity contribution is 6.04. The van der Waals surface area contributed by atoms with Gasteiger partial charge in [-0.3, -0.25) is 14.4 Å². The number of aryl methyl sites for hydroxylation is 1. The van der Waals surface area contributed by atoms with Gasteiger partial charge in [-0.1, -0.05) is 0 Å². The number of hydrogen-bond donors (Lipinski definition) is 2. The van der Waals surface area contributed by atoms with Crippen LogP contribution < -0.4 is 26.2 Å². The highest BCUT2D eigenvalue weighted by Crippen LogP contribution is 2.38. The summed E-state index contributed by atoms with van der Waals surface area (Å²) in [4.78, 5) is 38.3. The molecular formula is C22H19NO6. The van der Waals surface area contributed by atoms with Crippen molar-refractivity contribution in [2.75, 3.05) is 0 Å². The van der Waals surface area contributed by atoms with Crippen LogP contribution in [0.4, 0.5) is 0 Å². The first-order valence-electron chi connectivity index (χ1n) is 9.01. The third kappa shape index (κ3) is 2.61. The first-order chi connectivity index (χ1) is 13.5. The van der Waals surface area contributed by atoms with Gasteiger partial charge >= 0.3 is 0 Å². The Kier molecular flexibility index (Phi) is 3.84. The van der Waals surface area contributed by atoms with Crippen molar-refractivity contribution < 1.29 is 14.9 Å². The van der Waals surface area contributed by atoms with Crippen LogP contribution in [0.5, 0.6) is 11.5 Å². The highest BCUT2D eigenvalue weighted by atomic mass is 16.5. The van der Waals surface area contributed by atoms with Crippen molar-refractivity contribution in [1.82, 2.24) is 4.57 Å². The summed E-state index contributed by atoms with van der Waals surface area (Å²) in [5.41, 5.74) is -1.66. The van der Waals surface area contributed by atoms with Gasteiger partial charge < -0.3 is 19.5 Å². The molecule has 1 aliphatic heterocycles. The number of aliphatic hydroxyl groups is 1. The topological polar surface area (TPSA) is 106 Å². The van der Waals surface area contributed by atoms with Crippen molar-refractivity contribution in [3.05, 3.63) is 65.7 Å². The first kappa shape index (κ1) is 18.7. The molecule has 0 radical (unpaired) electrons. The van der Waals surface area contributed by atoms with Crippen LogP contribution in [0, 0.1) is 0 Å². The fourth-order valence-electron chi connectivity index (χ4n) is 3.85. The van der Waals surface area contributed by atoms with E-state index in [1.54, 1.807) is 13.1 Å². The smallest absolute Gasteiger partial charge is 0.217 e. The molecule has 0 bridgehead atoms. The minimum absolute atomic E-state index is 0.00784. The Morgan fingerprint density at radius 1 is 1.10 bits per heavy atom. The van der Waals surface area contributed by atoms with E-state index in [1.165, 1.54) is 23.6 Å². The highest BCUT2D eigenvalue weighted by Gasteiger charge is 2.27. The van der Waals surface area contributed by atoms with Crippen molar-refractivity contribution in [1.29, 1.82) is 0 Å². The van der Waals surface area contributed by atoms with Gasteiger partial charge in [0, 0.05) is 24.1 Å². The maximum absolute atomic E-state index is 13.1. The standard InChI is InChI=1S/C22H19NO6/c1-10(24)16-13(25)6-5-12-19(21(16)28)23(4)18-11-7-8-22(2,3)29-15(11)9-14(26)17(18)20(12)27/h5-9,24,27H,1-4H3/b16-10-. The first-order valence-corrected chi connectivity index (χ1v) is 9.01. The van der Waals surface area contributed by atoms with Gasteiger partial charge in [0.25, 0.3) is 0 Å². The predicted octanol–water partition coefficient (Wildman–Crippen LogP) is 1.71. The zero-order chi connectivity index (χ0) is 21.2. The minimum Gasteiger partial charge on any atom is -0.512 e. The third-order valence-electron chi connectivity index (χ3n) is 5.16. The molecule has 7 nitrogen and oxygen atoms in total. The van der Waals surface area contributed by atoms with Crippen molar-refractivity contribution in [3.8, 4) is 11.5 Å². The molecule has 0 aliphatic carbocycles. The quantitative estimate of drug-likeness (QED) is 0.602. The van der Waals surface area contributed by atoms with Crippen molar-refractivity contribution >= 4 is 33.6 Å². The maximum Gasteiger partial charge on any atom is 0.217 e. The number of hydrogen-bond acceptors (Lipinski definition) is 6. The zero-order valence-corrected chi connectivity index (χ0v) is 16.4. The molecule has 0 atom stereocenters. The summed E-state index contributed by atoms with van der Waals surface area (Å²) in [6, 6.07) is 3.69. The molecule has 0 saturated heterocycles. The van der Waals surface area contributed by atoms with E-state index in [1.807, 2.05) is 19.9 Å². The van der Waals surface area contributed by atoms with Gasteiger partial charge in [0.2, 0.25) is 5.43 Å². The molecule has 2 aromatic carbocycles. The minimum atomic E-state index is -0.735. The molecular weight excluding hydrogens is 374 g/mol. The van der Waals surface area contributed by atoms with E-state index < -0.39 is 33.4 Å². The van der Waals surface area contributed by atoms with Crippen LogP contribution >= 0.6 is 0 Å². The fraction of sp³-hybridized carbons (Fsp3) is 0.227. The van der Waals surface area contributed by atoms with Gasteiger partial charge in [0.05, 0.1) is 10.9 Å². The molecule has 2 heterocycles. The van der Waals surface area contributed by atoms with E-state index in [-0.39, 0.29) is 21.5 Å². The molecule has 29 heavy (non-hydrogen) atoms. The molecule has 0 unspecified atom stereocenters. The summed E-state index contributed by atoms with van der Waals surface area (Å²) in [6.45, 7) is 4.94. The van der Waals surface area contributed by atoms with E-state index >= 15 is 0 Å². The lowest BCUT2D eigenvalue weighted by atomic mass is 9.98. The Hall–Kier alpha value is -3.61. The molecule has 2 N–H and O–H groups in total. The Balaban J connectivity index is 2.39. The normalized spacial score (nSPS) is 15.9. The van der Waals surface area contributed by atoms with Crippen molar-refractivity contribution in [2.24, 2.45) is 7.05 Å². The van der Waals surface area contributed by atoms with E-state index in [4.69, 9.17) is 4.74 Å². The molecule has 3 aromatic rings. The summed E-state index contributed by atoms with van der Waals surface area (Å²) < 4.78 is 7.35. The van der Waals surface area contributed by atoms with E-state index in [0.29, 0.717) is 16.8 Å². The molecule has 7 heteroatoms. The van der Waals surface area contributed by atoms with Crippen LogP contribution in [0.25, 0.3) is 33.6 Å². The van der Waals surface area contributed by atoms with Crippen LogP contribution in [0.2, 0.25) is 0 Å². The fourth-order valence-corrected chi connectivity index (χ4v) is 3.85. The molecule has 0 amide bonds. The number of rotatable bonds is 0. The molecule has 0 fully saturated rings. The number of aromatic hydroxyl groups is 1. The van der Waals surface area contributed by atoms with Crippen LogP contribution in [0.3, 0.4) is 0 Å². The number of benzene rings is 1. The van der Waals surface area contributed by atoms with Gasteiger partial charge in [0.15, 0.2) is 10.9 Å². The van der Waals surface area contributed by atoms with E-state index in [2.05, 4.69) is 0 Å². The average Bonchev–Trinajstić information content (AvgIpc) is 2.74.